The zero-order valence-corrected chi connectivity index (χ0v) is 14.3. The van der Waals surface area contributed by atoms with E-state index in [1.54, 1.807) is 16.7 Å². The lowest BCUT2D eigenvalue weighted by molar-refractivity contribution is -0.924. The first kappa shape index (κ1) is 15.6. The quantitative estimate of drug-likeness (QED) is 0.711. The van der Waals surface area contributed by atoms with Gasteiger partial charge in [-0.1, -0.05) is 48.2 Å². The molecule has 4 rings (SSSR count). The Bertz CT molecular complexity index is 792. The van der Waals surface area contributed by atoms with Crippen molar-refractivity contribution >= 4 is 17.4 Å². The molecular formula is C18H21N4OS+. The molecule has 0 saturated carbocycles. The van der Waals surface area contributed by atoms with Crippen molar-refractivity contribution in [1.82, 2.24) is 14.6 Å². The third-order valence-corrected chi connectivity index (χ3v) is 5.38. The summed E-state index contributed by atoms with van der Waals surface area (Å²) in [6.07, 6.45) is 2.27. The number of nitrogens with one attached hydrogen (secondary N) is 1. The zero-order valence-electron chi connectivity index (χ0n) is 13.5. The van der Waals surface area contributed by atoms with Gasteiger partial charge in [-0.25, -0.2) is 0 Å². The Morgan fingerprint density at radius 2 is 2.00 bits per heavy atom. The molecule has 0 spiro atoms. The molecule has 3 heterocycles. The van der Waals surface area contributed by atoms with E-state index in [2.05, 4.69) is 40.5 Å². The number of hydrogen-bond donors (Lipinski definition) is 1. The second kappa shape index (κ2) is 7.34. The van der Waals surface area contributed by atoms with Crippen molar-refractivity contribution in [3.63, 3.8) is 0 Å². The van der Waals surface area contributed by atoms with Crippen LogP contribution >= 0.6 is 11.8 Å². The lowest BCUT2D eigenvalue weighted by Gasteiger charge is -2.29. The number of morpholine rings is 1. The maximum absolute atomic E-state index is 5.96. The summed E-state index contributed by atoms with van der Waals surface area (Å²) in [5.74, 6) is 0.911. The summed E-state index contributed by atoms with van der Waals surface area (Å²) < 4.78 is 7.99. The van der Waals surface area contributed by atoms with E-state index in [0.29, 0.717) is 0 Å². The van der Waals surface area contributed by atoms with E-state index < -0.39 is 0 Å². The van der Waals surface area contributed by atoms with Crippen LogP contribution in [0.4, 0.5) is 0 Å². The molecule has 6 heteroatoms. The second-order valence-corrected chi connectivity index (χ2v) is 7.07. The molecule has 0 aliphatic carbocycles. The number of hydrogen-bond acceptors (Lipinski definition) is 4. The number of benzene rings is 1. The molecule has 0 bridgehead atoms. The summed E-state index contributed by atoms with van der Waals surface area (Å²) in [5, 5.41) is 9.41. The number of pyridine rings is 1. The monoisotopic (exact) mass is 341 g/mol. The summed E-state index contributed by atoms with van der Waals surface area (Å²) in [4.78, 5) is 1.59. The van der Waals surface area contributed by atoms with E-state index in [1.165, 1.54) is 5.56 Å². The minimum Gasteiger partial charge on any atom is -0.366 e. The fourth-order valence-electron chi connectivity index (χ4n) is 3.09. The Morgan fingerprint density at radius 3 is 2.92 bits per heavy atom. The highest BCUT2D eigenvalue weighted by atomic mass is 32.2. The van der Waals surface area contributed by atoms with E-state index >= 15 is 0 Å². The van der Waals surface area contributed by atoms with Gasteiger partial charge in [0.2, 0.25) is 0 Å². The van der Waals surface area contributed by atoms with Gasteiger partial charge < -0.3 is 9.64 Å². The van der Waals surface area contributed by atoms with Gasteiger partial charge in [0, 0.05) is 17.5 Å². The SMILES string of the molecule is c1ccc(C[NH+]2CCO[C@@H](CSc3nnc4ccccn34)C2)cc1. The molecule has 5 nitrogen and oxygen atoms in total. The molecule has 1 fully saturated rings. The first-order chi connectivity index (χ1) is 11.9. The molecule has 3 aromatic rings. The number of rotatable bonds is 5. The van der Waals surface area contributed by atoms with Crippen molar-refractivity contribution in [2.45, 2.75) is 17.8 Å². The lowest BCUT2D eigenvalue weighted by Crippen LogP contribution is -3.13. The topological polar surface area (TPSA) is 43.9 Å². The van der Waals surface area contributed by atoms with Crippen molar-refractivity contribution in [2.75, 3.05) is 25.4 Å². The van der Waals surface area contributed by atoms with Crippen LogP contribution in [0, 0.1) is 0 Å². The molecule has 1 saturated heterocycles. The van der Waals surface area contributed by atoms with Crippen LogP contribution < -0.4 is 4.90 Å². The fourth-order valence-corrected chi connectivity index (χ4v) is 4.03. The first-order valence-corrected chi connectivity index (χ1v) is 9.29. The predicted octanol–water partition coefficient (Wildman–Crippen LogP) is 1.31. The van der Waals surface area contributed by atoms with Crippen molar-refractivity contribution in [2.24, 2.45) is 0 Å². The first-order valence-electron chi connectivity index (χ1n) is 8.30. The number of aromatic nitrogens is 3. The Morgan fingerprint density at radius 1 is 1.12 bits per heavy atom. The van der Waals surface area contributed by atoms with Crippen molar-refractivity contribution < 1.29 is 9.64 Å². The average Bonchev–Trinajstić information content (AvgIpc) is 3.04. The number of fused-ring (bicyclic) bond motifs is 1. The average molecular weight is 341 g/mol. The molecule has 0 amide bonds. The molecule has 0 radical (unpaired) electrons. The summed E-state index contributed by atoms with van der Waals surface area (Å²) in [7, 11) is 0. The van der Waals surface area contributed by atoms with Crippen LogP contribution in [0.1, 0.15) is 5.56 Å². The molecule has 1 aliphatic rings. The van der Waals surface area contributed by atoms with Crippen molar-refractivity contribution in [3.05, 3.63) is 60.3 Å². The molecule has 2 aromatic heterocycles. The van der Waals surface area contributed by atoms with Gasteiger partial charge >= 0.3 is 0 Å². The maximum Gasteiger partial charge on any atom is 0.195 e. The summed E-state index contributed by atoms with van der Waals surface area (Å²) in [5.41, 5.74) is 2.28. The molecule has 24 heavy (non-hydrogen) atoms. The van der Waals surface area contributed by atoms with Crippen LogP contribution in [0.5, 0.6) is 0 Å². The fraction of sp³-hybridized carbons (Fsp3) is 0.333. The van der Waals surface area contributed by atoms with Crippen molar-refractivity contribution in [3.8, 4) is 0 Å². The van der Waals surface area contributed by atoms with Crippen LogP contribution in [-0.4, -0.2) is 46.2 Å². The van der Waals surface area contributed by atoms with Gasteiger partial charge in [0.25, 0.3) is 0 Å². The van der Waals surface area contributed by atoms with Gasteiger partial charge in [0.1, 0.15) is 25.7 Å². The maximum atomic E-state index is 5.96. The van der Waals surface area contributed by atoms with Gasteiger partial charge in [-0.2, -0.15) is 0 Å². The Hall–Kier alpha value is -1.89. The molecule has 1 unspecified atom stereocenters. The van der Waals surface area contributed by atoms with Crippen molar-refractivity contribution in [1.29, 1.82) is 0 Å². The molecule has 1 aliphatic heterocycles. The standard InChI is InChI=1S/C18H20N4OS/c1-2-6-15(7-3-1)12-21-10-11-23-16(13-21)14-24-18-20-19-17-8-4-5-9-22(17)18/h1-9,16H,10-14H2/p+1/t16-/m1/s1. The molecule has 1 aromatic carbocycles. The normalized spacial score (nSPS) is 21.2. The van der Waals surface area contributed by atoms with Crippen LogP contribution in [0.2, 0.25) is 0 Å². The highest BCUT2D eigenvalue weighted by Gasteiger charge is 2.24. The van der Waals surface area contributed by atoms with Crippen LogP contribution in [0.15, 0.2) is 59.9 Å². The van der Waals surface area contributed by atoms with Gasteiger partial charge in [0.05, 0.1) is 6.61 Å². The van der Waals surface area contributed by atoms with E-state index in [1.807, 2.05) is 28.8 Å². The van der Waals surface area contributed by atoms with E-state index in [4.69, 9.17) is 4.74 Å². The minimum absolute atomic E-state index is 0.263. The zero-order chi connectivity index (χ0) is 16.2. The Kier molecular flexibility index (Phi) is 4.78. The third kappa shape index (κ3) is 3.61. The summed E-state index contributed by atoms with van der Waals surface area (Å²) >= 11 is 1.72. The van der Waals surface area contributed by atoms with E-state index in [9.17, 15) is 0 Å². The number of nitrogens with zero attached hydrogens (tertiary/aromatic N) is 3. The summed E-state index contributed by atoms with van der Waals surface area (Å²) in [6, 6.07) is 16.7. The van der Waals surface area contributed by atoms with E-state index in [-0.39, 0.29) is 6.10 Å². The minimum atomic E-state index is 0.263. The third-order valence-electron chi connectivity index (χ3n) is 4.30. The number of quaternary nitrogens is 1. The lowest BCUT2D eigenvalue weighted by atomic mass is 10.2. The molecule has 1 N–H and O–H groups in total. The largest absolute Gasteiger partial charge is 0.366 e. The van der Waals surface area contributed by atoms with Gasteiger partial charge in [-0.3, -0.25) is 4.40 Å². The number of thioether (sulfide) groups is 1. The smallest absolute Gasteiger partial charge is 0.195 e. The van der Waals surface area contributed by atoms with Gasteiger partial charge in [0.15, 0.2) is 10.8 Å². The Balaban J connectivity index is 1.35. The highest BCUT2D eigenvalue weighted by Crippen LogP contribution is 2.18. The predicted molar refractivity (Wildman–Crippen MR) is 94.3 cm³/mol. The highest BCUT2D eigenvalue weighted by molar-refractivity contribution is 7.99. The van der Waals surface area contributed by atoms with Crippen LogP contribution in [0.3, 0.4) is 0 Å². The van der Waals surface area contributed by atoms with Gasteiger partial charge in [-0.15, -0.1) is 10.2 Å². The van der Waals surface area contributed by atoms with E-state index in [0.717, 1.165) is 42.8 Å². The Labute approximate surface area is 145 Å². The number of ether oxygens (including phenoxy) is 1. The van der Waals surface area contributed by atoms with Gasteiger partial charge in [-0.05, 0) is 12.1 Å². The molecule has 124 valence electrons. The molecular weight excluding hydrogens is 320 g/mol. The molecule has 2 atom stereocenters. The van der Waals surface area contributed by atoms with Crippen LogP contribution in [0.25, 0.3) is 5.65 Å². The summed E-state index contributed by atoms with van der Waals surface area (Å²) in [6.45, 7) is 4.01. The van der Waals surface area contributed by atoms with Crippen LogP contribution in [-0.2, 0) is 11.3 Å². The second-order valence-electron chi connectivity index (χ2n) is 6.08.